The van der Waals surface area contributed by atoms with Gasteiger partial charge in [-0.15, -0.1) is 0 Å². The summed E-state index contributed by atoms with van der Waals surface area (Å²) in [5.74, 6) is -0.486. The van der Waals surface area contributed by atoms with Gasteiger partial charge in [-0.1, -0.05) is 0 Å². The number of ether oxygens (including phenoxy) is 1. The maximum atomic E-state index is 12.2. The number of nitrogens with zero attached hydrogens (tertiary/aromatic N) is 3. The molecule has 136 valence electrons. The Kier molecular flexibility index (Phi) is 7.86. The van der Waals surface area contributed by atoms with E-state index in [2.05, 4.69) is 10.4 Å². The molecule has 0 fully saturated rings. The van der Waals surface area contributed by atoms with Crippen LogP contribution in [0, 0.1) is 0 Å². The van der Waals surface area contributed by atoms with E-state index < -0.39 is 18.6 Å². The van der Waals surface area contributed by atoms with Crippen LogP contribution in [0.25, 0.3) is 0 Å². The summed E-state index contributed by atoms with van der Waals surface area (Å²) in [6.45, 7) is -0.0877. The second-order valence-corrected chi connectivity index (χ2v) is 5.24. The van der Waals surface area contributed by atoms with Crippen LogP contribution < -0.4 is 10.9 Å². The maximum absolute atomic E-state index is 12.2. The van der Waals surface area contributed by atoms with Gasteiger partial charge in [0.25, 0.3) is 11.5 Å². The van der Waals surface area contributed by atoms with E-state index in [9.17, 15) is 22.8 Å². The highest BCUT2D eigenvalue weighted by molar-refractivity contribution is 5.91. The molecule has 7 nitrogen and oxygen atoms in total. The van der Waals surface area contributed by atoms with Crippen LogP contribution in [0.5, 0.6) is 0 Å². The predicted octanol–water partition coefficient (Wildman–Crippen LogP) is 0.504. The third-order valence-corrected chi connectivity index (χ3v) is 3.06. The van der Waals surface area contributed by atoms with E-state index in [0.717, 1.165) is 9.58 Å². The average molecular weight is 350 g/mol. The first-order valence-electron chi connectivity index (χ1n) is 7.33. The molecule has 1 N–H and O–H groups in total. The minimum Gasteiger partial charge on any atom is -0.383 e. The Morgan fingerprint density at radius 2 is 2.12 bits per heavy atom. The quantitative estimate of drug-likeness (QED) is 0.657. The monoisotopic (exact) mass is 350 g/mol. The predicted molar refractivity (Wildman–Crippen MR) is 80.9 cm³/mol. The van der Waals surface area contributed by atoms with Crippen molar-refractivity contribution in [1.82, 2.24) is 20.0 Å². The summed E-state index contributed by atoms with van der Waals surface area (Å²) in [6.07, 6.45) is -3.88. The van der Waals surface area contributed by atoms with E-state index in [-0.39, 0.29) is 37.5 Å². The molecule has 0 aliphatic carbocycles. The number of nitrogens with one attached hydrogen (secondary N) is 1. The van der Waals surface area contributed by atoms with Crippen LogP contribution in [0.1, 0.15) is 16.9 Å². The second kappa shape index (κ2) is 9.38. The Hall–Kier alpha value is -1.94. The maximum Gasteiger partial charge on any atom is 0.401 e. The summed E-state index contributed by atoms with van der Waals surface area (Å²) in [5.41, 5.74) is -0.285. The van der Waals surface area contributed by atoms with Gasteiger partial charge in [0.1, 0.15) is 5.69 Å². The highest BCUT2D eigenvalue weighted by Crippen LogP contribution is 2.15. The molecule has 0 saturated heterocycles. The fourth-order valence-corrected chi connectivity index (χ4v) is 1.93. The molecule has 0 atom stereocenters. The van der Waals surface area contributed by atoms with Gasteiger partial charge in [-0.2, -0.15) is 18.3 Å². The number of alkyl halides is 3. The molecule has 0 spiro atoms. The largest absolute Gasteiger partial charge is 0.401 e. The van der Waals surface area contributed by atoms with Crippen molar-refractivity contribution in [2.24, 2.45) is 0 Å². The molecule has 0 radical (unpaired) electrons. The summed E-state index contributed by atoms with van der Waals surface area (Å²) < 4.78 is 42.5. The lowest BCUT2D eigenvalue weighted by Crippen LogP contribution is -2.34. The highest BCUT2D eigenvalue weighted by Gasteiger charge is 2.28. The Morgan fingerprint density at radius 1 is 1.42 bits per heavy atom. The van der Waals surface area contributed by atoms with Crippen molar-refractivity contribution in [2.45, 2.75) is 19.1 Å². The Morgan fingerprint density at radius 3 is 2.75 bits per heavy atom. The first kappa shape index (κ1) is 20.1. The lowest BCUT2D eigenvalue weighted by Gasteiger charge is -2.18. The molecular weight excluding hydrogens is 329 g/mol. The number of hydrogen-bond acceptors (Lipinski definition) is 5. The SMILES string of the molecule is COCCn1nc(C(=O)NCCCN(C)CC(F)(F)F)ccc1=O. The van der Waals surface area contributed by atoms with Gasteiger partial charge in [-0.25, -0.2) is 4.68 Å². The van der Waals surface area contributed by atoms with Gasteiger partial charge >= 0.3 is 6.18 Å². The number of carbonyl (C=O) groups excluding carboxylic acids is 1. The van der Waals surface area contributed by atoms with Crippen molar-refractivity contribution in [3.05, 3.63) is 28.2 Å². The lowest BCUT2D eigenvalue weighted by atomic mass is 10.3. The fourth-order valence-electron chi connectivity index (χ4n) is 1.93. The molecule has 24 heavy (non-hydrogen) atoms. The number of amides is 1. The Labute approximate surface area is 137 Å². The zero-order valence-corrected chi connectivity index (χ0v) is 13.6. The topological polar surface area (TPSA) is 76.5 Å². The van der Waals surface area contributed by atoms with E-state index in [1.807, 2.05) is 0 Å². The van der Waals surface area contributed by atoms with Gasteiger partial charge < -0.3 is 10.1 Å². The molecule has 1 aromatic heterocycles. The molecule has 1 aromatic rings. The summed E-state index contributed by atoms with van der Waals surface area (Å²) in [6, 6.07) is 2.53. The van der Waals surface area contributed by atoms with Gasteiger partial charge in [-0.3, -0.25) is 14.5 Å². The summed E-state index contributed by atoms with van der Waals surface area (Å²) in [7, 11) is 2.85. The van der Waals surface area contributed by atoms with Crippen molar-refractivity contribution in [3.8, 4) is 0 Å². The zero-order valence-electron chi connectivity index (χ0n) is 13.6. The number of rotatable bonds is 9. The number of hydrogen-bond donors (Lipinski definition) is 1. The second-order valence-electron chi connectivity index (χ2n) is 5.24. The molecule has 0 aromatic carbocycles. The van der Waals surface area contributed by atoms with Crippen molar-refractivity contribution in [3.63, 3.8) is 0 Å². The molecule has 1 amide bonds. The molecule has 10 heteroatoms. The van der Waals surface area contributed by atoms with Crippen molar-refractivity contribution < 1.29 is 22.7 Å². The third kappa shape index (κ3) is 7.55. The van der Waals surface area contributed by atoms with Crippen molar-refractivity contribution in [2.75, 3.05) is 40.4 Å². The normalized spacial score (nSPS) is 11.8. The van der Waals surface area contributed by atoms with Gasteiger partial charge in [0.05, 0.1) is 19.7 Å². The molecule has 0 bridgehead atoms. The number of halogens is 3. The standard InChI is InChI=1S/C14H21F3N4O3/c1-20(10-14(15,16)17)7-3-6-18-13(23)11-4-5-12(22)21(19-11)8-9-24-2/h4-5H,3,6-10H2,1-2H3,(H,18,23). The fraction of sp³-hybridized carbons (Fsp3) is 0.643. The van der Waals surface area contributed by atoms with Gasteiger partial charge in [0.15, 0.2) is 0 Å². The van der Waals surface area contributed by atoms with Crippen molar-refractivity contribution in [1.29, 1.82) is 0 Å². The summed E-state index contributed by atoms with van der Waals surface area (Å²) >= 11 is 0. The van der Waals surface area contributed by atoms with Gasteiger partial charge in [0.2, 0.25) is 0 Å². The molecule has 0 saturated carbocycles. The zero-order chi connectivity index (χ0) is 18.2. The minimum atomic E-state index is -4.24. The van der Waals surface area contributed by atoms with E-state index in [0.29, 0.717) is 6.42 Å². The molecular formula is C14H21F3N4O3. The highest BCUT2D eigenvalue weighted by atomic mass is 19.4. The average Bonchev–Trinajstić information content (AvgIpc) is 2.48. The summed E-state index contributed by atoms with van der Waals surface area (Å²) in [5, 5.41) is 6.49. The first-order chi connectivity index (χ1) is 11.2. The number of aromatic nitrogens is 2. The molecule has 0 unspecified atom stereocenters. The Bertz CT molecular complexity index is 589. The third-order valence-electron chi connectivity index (χ3n) is 3.06. The van der Waals surface area contributed by atoms with E-state index in [1.54, 1.807) is 0 Å². The van der Waals surface area contributed by atoms with Crippen LogP contribution in [-0.2, 0) is 11.3 Å². The van der Waals surface area contributed by atoms with E-state index >= 15 is 0 Å². The first-order valence-corrected chi connectivity index (χ1v) is 7.33. The van der Waals surface area contributed by atoms with Crippen LogP contribution in [-0.4, -0.2) is 67.2 Å². The number of carbonyl (C=O) groups is 1. The van der Waals surface area contributed by atoms with Crippen molar-refractivity contribution >= 4 is 5.91 Å². The van der Waals surface area contributed by atoms with Crippen LogP contribution in [0.15, 0.2) is 16.9 Å². The molecule has 1 heterocycles. The van der Waals surface area contributed by atoms with Crippen LogP contribution in [0.4, 0.5) is 13.2 Å². The molecule has 0 aliphatic heterocycles. The lowest BCUT2D eigenvalue weighted by molar-refractivity contribution is -0.143. The summed E-state index contributed by atoms with van der Waals surface area (Å²) in [4.78, 5) is 24.6. The number of methoxy groups -OCH3 is 1. The van der Waals surface area contributed by atoms with Gasteiger partial charge in [0, 0.05) is 19.7 Å². The molecule has 0 aliphatic rings. The van der Waals surface area contributed by atoms with Gasteiger partial charge in [-0.05, 0) is 26.1 Å². The van der Waals surface area contributed by atoms with Crippen LogP contribution >= 0.6 is 0 Å². The Balaban J connectivity index is 2.44. The molecule has 1 rings (SSSR count). The van der Waals surface area contributed by atoms with Crippen LogP contribution in [0.2, 0.25) is 0 Å². The van der Waals surface area contributed by atoms with E-state index in [1.165, 1.54) is 26.3 Å². The smallest absolute Gasteiger partial charge is 0.383 e. The minimum absolute atomic E-state index is 0.0642. The van der Waals surface area contributed by atoms with Crippen LogP contribution in [0.3, 0.4) is 0 Å². The van der Waals surface area contributed by atoms with E-state index in [4.69, 9.17) is 4.74 Å².